The molecule has 6 nitrogen and oxygen atoms in total. The number of carbonyl (C=O) groups excluding carboxylic acids is 2. The fourth-order valence-electron chi connectivity index (χ4n) is 1.58. The van der Waals surface area contributed by atoms with Crippen LogP contribution < -0.4 is 5.32 Å². The number of Topliss-reactive ketones (excluding diaryl/α,β-unsaturated/α-hetero) is 1. The van der Waals surface area contributed by atoms with Crippen molar-refractivity contribution in [2.24, 2.45) is 0 Å². The first-order valence-electron chi connectivity index (χ1n) is 6.65. The highest BCUT2D eigenvalue weighted by Gasteiger charge is 2.17. The topological polar surface area (TPSA) is 92.7 Å². The maximum Gasteiger partial charge on any atom is 0.343 e. The highest BCUT2D eigenvalue weighted by Crippen LogP contribution is 2.30. The lowest BCUT2D eigenvalue weighted by atomic mass is 10.2. The Morgan fingerprint density at radius 3 is 2.48 bits per heavy atom. The number of carbonyl (C=O) groups is 3. The summed E-state index contributed by atoms with van der Waals surface area (Å²) in [6, 6.07) is 2.57. The highest BCUT2D eigenvalue weighted by atomic mass is 35.5. The predicted molar refractivity (Wildman–Crippen MR) is 87.1 cm³/mol. The van der Waals surface area contributed by atoms with E-state index in [1.807, 2.05) is 6.92 Å². The molecule has 0 aliphatic heterocycles. The van der Waals surface area contributed by atoms with Gasteiger partial charge < -0.3 is 15.2 Å². The van der Waals surface area contributed by atoms with E-state index >= 15 is 0 Å². The van der Waals surface area contributed by atoms with Gasteiger partial charge in [0.25, 0.3) is 0 Å². The van der Waals surface area contributed by atoms with Crippen molar-refractivity contribution >= 4 is 46.6 Å². The van der Waals surface area contributed by atoms with E-state index in [0.717, 1.165) is 6.20 Å². The van der Waals surface area contributed by atoms with E-state index in [1.165, 1.54) is 19.1 Å². The summed E-state index contributed by atoms with van der Waals surface area (Å²) in [6.07, 6.45) is 1.73. The van der Waals surface area contributed by atoms with Crippen LogP contribution in [0.3, 0.4) is 0 Å². The number of hydrogen-bond donors (Lipinski definition) is 2. The summed E-state index contributed by atoms with van der Waals surface area (Å²) < 4.78 is 4.90. The smallest absolute Gasteiger partial charge is 0.343 e. The number of anilines is 1. The van der Waals surface area contributed by atoms with Crippen LogP contribution in [0, 0.1) is 0 Å². The molecule has 0 saturated carbocycles. The number of rotatable bonds is 7. The largest absolute Gasteiger partial charge is 0.478 e. The van der Waals surface area contributed by atoms with Crippen molar-refractivity contribution in [3.8, 4) is 0 Å². The zero-order valence-corrected chi connectivity index (χ0v) is 14.0. The van der Waals surface area contributed by atoms with Crippen LogP contribution >= 0.6 is 23.2 Å². The molecule has 0 aliphatic rings. The molecule has 23 heavy (non-hydrogen) atoms. The number of nitrogens with one attached hydrogen (secondary N) is 1. The van der Waals surface area contributed by atoms with Gasteiger partial charge in [0, 0.05) is 11.2 Å². The Hall–Kier alpha value is -2.05. The molecular formula is C15H15Cl2NO5. The molecule has 0 heterocycles. The lowest BCUT2D eigenvalue weighted by Gasteiger charge is -2.10. The van der Waals surface area contributed by atoms with Crippen molar-refractivity contribution in [3.05, 3.63) is 39.5 Å². The normalized spacial score (nSPS) is 11.0. The Kier molecular flexibility index (Phi) is 7.06. The molecule has 0 bridgehead atoms. The second kappa shape index (κ2) is 8.55. The lowest BCUT2D eigenvalue weighted by molar-refractivity contribution is -0.140. The van der Waals surface area contributed by atoms with Crippen LogP contribution in [-0.2, 0) is 14.3 Å². The summed E-state index contributed by atoms with van der Waals surface area (Å²) >= 11 is 11.8. The van der Waals surface area contributed by atoms with Gasteiger partial charge >= 0.3 is 11.9 Å². The molecule has 0 fully saturated rings. The number of ether oxygens (including phenoxy) is 1. The fraction of sp³-hybridized carbons (Fsp3) is 0.267. The molecule has 0 unspecified atom stereocenters. The lowest BCUT2D eigenvalue weighted by Crippen LogP contribution is -2.15. The number of aromatic carboxylic acids is 1. The number of halogens is 2. The molecule has 1 aromatic rings. The van der Waals surface area contributed by atoms with Gasteiger partial charge in [-0.2, -0.15) is 0 Å². The second-order valence-corrected chi connectivity index (χ2v) is 5.33. The Bertz CT molecular complexity index is 670. The van der Waals surface area contributed by atoms with Gasteiger partial charge in [0.2, 0.25) is 0 Å². The molecule has 0 atom stereocenters. The molecule has 0 spiro atoms. The first-order chi connectivity index (χ1) is 10.8. The van der Waals surface area contributed by atoms with Crippen molar-refractivity contribution in [1.29, 1.82) is 0 Å². The van der Waals surface area contributed by atoms with Gasteiger partial charge in [-0.3, -0.25) is 4.79 Å². The van der Waals surface area contributed by atoms with E-state index in [4.69, 9.17) is 33.0 Å². The van der Waals surface area contributed by atoms with Gasteiger partial charge in [-0.05, 0) is 25.5 Å². The molecule has 0 saturated heterocycles. The quantitative estimate of drug-likeness (QED) is 0.334. The SMILES string of the molecule is CCCOC(=O)C(=CNc1cc(Cl)cc(C(=O)O)c1Cl)C(C)=O. The second-order valence-electron chi connectivity index (χ2n) is 4.51. The Balaban J connectivity index is 3.12. The van der Waals surface area contributed by atoms with Crippen molar-refractivity contribution in [2.45, 2.75) is 20.3 Å². The van der Waals surface area contributed by atoms with E-state index in [-0.39, 0.29) is 33.5 Å². The van der Waals surface area contributed by atoms with Crippen LogP contribution in [0.2, 0.25) is 10.0 Å². The zero-order chi connectivity index (χ0) is 17.6. The van der Waals surface area contributed by atoms with Crippen LogP contribution in [0.4, 0.5) is 5.69 Å². The summed E-state index contributed by atoms with van der Waals surface area (Å²) in [4.78, 5) is 34.4. The van der Waals surface area contributed by atoms with Crippen LogP contribution in [0.5, 0.6) is 0 Å². The minimum Gasteiger partial charge on any atom is -0.478 e. The van der Waals surface area contributed by atoms with Gasteiger partial charge in [-0.1, -0.05) is 30.1 Å². The van der Waals surface area contributed by atoms with Gasteiger partial charge in [0.15, 0.2) is 5.78 Å². The summed E-state index contributed by atoms with van der Waals surface area (Å²) in [5.41, 5.74) is -0.266. The van der Waals surface area contributed by atoms with Gasteiger partial charge in [0.1, 0.15) is 5.57 Å². The summed E-state index contributed by atoms with van der Waals surface area (Å²) in [5, 5.41) is 11.7. The molecule has 0 amide bonds. The third-order valence-corrected chi connectivity index (χ3v) is 3.30. The van der Waals surface area contributed by atoms with E-state index in [9.17, 15) is 14.4 Å². The molecule has 1 rings (SSSR count). The van der Waals surface area contributed by atoms with Crippen molar-refractivity contribution < 1.29 is 24.2 Å². The van der Waals surface area contributed by atoms with Crippen molar-refractivity contribution in [1.82, 2.24) is 0 Å². The molecule has 0 radical (unpaired) electrons. The molecular weight excluding hydrogens is 345 g/mol. The first-order valence-corrected chi connectivity index (χ1v) is 7.40. The summed E-state index contributed by atoms with van der Waals surface area (Å²) in [6.45, 7) is 3.22. The molecule has 1 aromatic carbocycles. The van der Waals surface area contributed by atoms with E-state index < -0.39 is 17.7 Å². The minimum absolute atomic E-state index is 0.0945. The molecule has 0 aliphatic carbocycles. The van der Waals surface area contributed by atoms with Gasteiger partial charge in [-0.15, -0.1) is 0 Å². The number of carboxylic acids is 1. The third kappa shape index (κ3) is 5.26. The number of hydrogen-bond acceptors (Lipinski definition) is 5. The Labute approximate surface area is 143 Å². The molecule has 2 N–H and O–H groups in total. The average molecular weight is 360 g/mol. The zero-order valence-electron chi connectivity index (χ0n) is 12.5. The van der Waals surface area contributed by atoms with Crippen molar-refractivity contribution in [2.75, 3.05) is 11.9 Å². The highest BCUT2D eigenvalue weighted by molar-refractivity contribution is 6.38. The van der Waals surface area contributed by atoms with Crippen LogP contribution in [0.25, 0.3) is 0 Å². The first kappa shape index (κ1) is 19.0. The maximum absolute atomic E-state index is 11.8. The van der Waals surface area contributed by atoms with Crippen LogP contribution in [-0.4, -0.2) is 29.4 Å². The standard InChI is InChI=1S/C15H15Cl2NO5/c1-3-4-23-15(22)11(8(2)19)7-18-12-6-9(16)5-10(13(12)17)14(20)21/h5-7,18H,3-4H2,1-2H3,(H,20,21). The number of esters is 1. The number of benzene rings is 1. The molecule has 0 aromatic heterocycles. The predicted octanol–water partition coefficient (Wildman–Crippen LogP) is 3.53. The van der Waals surface area contributed by atoms with Gasteiger partial charge in [-0.25, -0.2) is 9.59 Å². The Morgan fingerprint density at radius 2 is 1.96 bits per heavy atom. The van der Waals surface area contributed by atoms with E-state index in [0.29, 0.717) is 6.42 Å². The minimum atomic E-state index is -1.25. The Morgan fingerprint density at radius 1 is 1.30 bits per heavy atom. The number of carboxylic acid groups (broad SMARTS) is 1. The summed E-state index contributed by atoms with van der Waals surface area (Å²) in [5.74, 6) is -2.53. The summed E-state index contributed by atoms with van der Waals surface area (Å²) in [7, 11) is 0. The number of ketones is 1. The van der Waals surface area contributed by atoms with Crippen LogP contribution in [0.15, 0.2) is 23.9 Å². The van der Waals surface area contributed by atoms with E-state index in [2.05, 4.69) is 5.32 Å². The molecule has 124 valence electrons. The monoisotopic (exact) mass is 359 g/mol. The van der Waals surface area contributed by atoms with Crippen molar-refractivity contribution in [3.63, 3.8) is 0 Å². The van der Waals surface area contributed by atoms with Crippen LogP contribution in [0.1, 0.15) is 30.6 Å². The maximum atomic E-state index is 11.8. The average Bonchev–Trinajstić information content (AvgIpc) is 2.47. The fourth-order valence-corrected chi connectivity index (χ4v) is 2.04. The van der Waals surface area contributed by atoms with Gasteiger partial charge in [0.05, 0.1) is 22.9 Å². The molecule has 8 heteroatoms. The van der Waals surface area contributed by atoms with E-state index in [1.54, 1.807) is 0 Å². The third-order valence-electron chi connectivity index (χ3n) is 2.68.